The number of hydrogen-bond donors (Lipinski definition) is 3. The van der Waals surface area contributed by atoms with Crippen LogP contribution in [0.2, 0.25) is 0 Å². The number of rotatable bonds is 10. The van der Waals surface area contributed by atoms with Gasteiger partial charge in [0.25, 0.3) is 5.91 Å². The van der Waals surface area contributed by atoms with E-state index in [-0.39, 0.29) is 23.5 Å². The summed E-state index contributed by atoms with van der Waals surface area (Å²) < 4.78 is 5.38. The predicted molar refractivity (Wildman–Crippen MR) is 107 cm³/mol. The molecule has 0 radical (unpaired) electrons. The van der Waals surface area contributed by atoms with Crippen LogP contribution in [0.5, 0.6) is 5.75 Å². The fraction of sp³-hybridized carbons (Fsp3) is 0.526. The first-order valence-electron chi connectivity index (χ1n) is 9.15. The fourth-order valence-corrected chi connectivity index (χ4v) is 2.41. The third-order valence-electron chi connectivity index (χ3n) is 3.78. The van der Waals surface area contributed by atoms with E-state index < -0.39 is 0 Å². The molecule has 1 aromatic rings. The van der Waals surface area contributed by atoms with E-state index >= 15 is 0 Å². The van der Waals surface area contributed by atoms with Crippen molar-refractivity contribution in [3.63, 3.8) is 0 Å². The second kappa shape index (κ2) is 13.1. The Bertz CT molecular complexity index is 576. The van der Waals surface area contributed by atoms with Crippen molar-refractivity contribution in [3.8, 4) is 5.75 Å². The van der Waals surface area contributed by atoms with Gasteiger partial charge in [0, 0.05) is 6.42 Å². The maximum atomic E-state index is 11.7. The number of unbranched alkanes of at least 4 members (excludes halogenated alkanes) is 4. The molecule has 2 amide bonds. The van der Waals surface area contributed by atoms with E-state index in [0.717, 1.165) is 25.7 Å². The van der Waals surface area contributed by atoms with Gasteiger partial charge in [0.15, 0.2) is 11.7 Å². The highest BCUT2D eigenvalue weighted by Gasteiger charge is 2.06. The number of hydrazine groups is 1. The van der Waals surface area contributed by atoms with E-state index in [0.29, 0.717) is 12.2 Å². The van der Waals surface area contributed by atoms with Crippen molar-refractivity contribution in [2.75, 3.05) is 6.61 Å². The second-order valence-corrected chi connectivity index (χ2v) is 6.41. The van der Waals surface area contributed by atoms with E-state index in [1.165, 1.54) is 18.4 Å². The summed E-state index contributed by atoms with van der Waals surface area (Å²) in [5.41, 5.74) is 6.10. The van der Waals surface area contributed by atoms with Crippen LogP contribution >= 0.6 is 12.2 Å². The smallest absolute Gasteiger partial charge is 0.276 e. The minimum Gasteiger partial charge on any atom is -0.484 e. The van der Waals surface area contributed by atoms with Gasteiger partial charge in [-0.1, -0.05) is 51.7 Å². The number of ether oxygens (including phenoxy) is 1. The van der Waals surface area contributed by atoms with Crippen LogP contribution in [-0.4, -0.2) is 23.5 Å². The molecule has 0 aliphatic rings. The number of carbonyl (C=O) groups is 2. The van der Waals surface area contributed by atoms with Crippen molar-refractivity contribution in [1.82, 2.24) is 16.2 Å². The molecule has 0 fully saturated rings. The van der Waals surface area contributed by atoms with Crippen molar-refractivity contribution in [2.24, 2.45) is 0 Å². The molecule has 0 aromatic heterocycles. The van der Waals surface area contributed by atoms with Crippen LogP contribution in [0.15, 0.2) is 24.3 Å². The Kier molecular flexibility index (Phi) is 11.0. The molecule has 3 N–H and O–H groups in total. The highest BCUT2D eigenvalue weighted by atomic mass is 32.1. The van der Waals surface area contributed by atoms with E-state index in [1.54, 1.807) is 0 Å². The molecule has 144 valence electrons. The van der Waals surface area contributed by atoms with Gasteiger partial charge in [0.05, 0.1) is 0 Å². The summed E-state index contributed by atoms with van der Waals surface area (Å²) in [6, 6.07) is 7.56. The number of aryl methyl sites for hydroxylation is 1. The molecule has 1 rings (SSSR count). The van der Waals surface area contributed by atoms with E-state index in [2.05, 4.69) is 30.0 Å². The molecular formula is C19H29N3O3S. The Morgan fingerprint density at radius 3 is 2.31 bits per heavy atom. The van der Waals surface area contributed by atoms with Crippen LogP contribution in [0.4, 0.5) is 0 Å². The summed E-state index contributed by atoms with van der Waals surface area (Å²) in [7, 11) is 0. The Hall–Kier alpha value is -2.15. The molecule has 26 heavy (non-hydrogen) atoms. The van der Waals surface area contributed by atoms with Crippen LogP contribution in [0.25, 0.3) is 0 Å². The van der Waals surface area contributed by atoms with Gasteiger partial charge in [-0.2, -0.15) is 0 Å². The van der Waals surface area contributed by atoms with Gasteiger partial charge in [0.1, 0.15) is 5.75 Å². The van der Waals surface area contributed by atoms with Crippen LogP contribution in [-0.2, 0) is 16.0 Å². The second-order valence-electron chi connectivity index (χ2n) is 6.00. The van der Waals surface area contributed by atoms with Gasteiger partial charge < -0.3 is 10.1 Å². The molecule has 0 aliphatic heterocycles. The molecule has 1 aromatic carbocycles. The lowest BCUT2D eigenvalue weighted by Gasteiger charge is -2.11. The lowest BCUT2D eigenvalue weighted by atomic mass is 10.1. The van der Waals surface area contributed by atoms with Crippen molar-refractivity contribution in [2.45, 2.75) is 58.8 Å². The summed E-state index contributed by atoms with van der Waals surface area (Å²) in [4.78, 5) is 23.4. The third-order valence-corrected chi connectivity index (χ3v) is 3.98. The molecule has 7 heteroatoms. The number of amides is 2. The normalized spacial score (nSPS) is 10.1. The molecule has 0 spiro atoms. The maximum Gasteiger partial charge on any atom is 0.276 e. The van der Waals surface area contributed by atoms with Gasteiger partial charge in [-0.05, 0) is 42.8 Å². The summed E-state index contributed by atoms with van der Waals surface area (Å²) >= 11 is 4.98. The number of nitrogens with one attached hydrogen (secondary N) is 3. The number of carbonyl (C=O) groups excluding carboxylic acids is 2. The first-order valence-corrected chi connectivity index (χ1v) is 9.56. The SMILES string of the molecule is CCCCCCCC(=O)NC(=S)NNC(=O)COc1ccc(CC)cc1. The van der Waals surface area contributed by atoms with Crippen molar-refractivity contribution >= 4 is 29.1 Å². The molecule has 0 atom stereocenters. The molecule has 0 bridgehead atoms. The lowest BCUT2D eigenvalue weighted by molar-refractivity contribution is -0.124. The minimum atomic E-state index is -0.388. The highest BCUT2D eigenvalue weighted by molar-refractivity contribution is 7.80. The van der Waals surface area contributed by atoms with E-state index in [9.17, 15) is 9.59 Å². The Labute approximate surface area is 161 Å². The molecule has 6 nitrogen and oxygen atoms in total. The molecule has 0 aliphatic carbocycles. The quantitative estimate of drug-likeness (QED) is 0.331. The highest BCUT2D eigenvalue weighted by Crippen LogP contribution is 2.12. The fourth-order valence-electron chi connectivity index (χ4n) is 2.24. The van der Waals surface area contributed by atoms with Crippen molar-refractivity contribution < 1.29 is 14.3 Å². The zero-order chi connectivity index (χ0) is 19.2. The summed E-state index contributed by atoms with van der Waals surface area (Å²) in [6.45, 7) is 4.08. The third kappa shape index (κ3) is 9.98. The van der Waals surface area contributed by atoms with Crippen LogP contribution in [0, 0.1) is 0 Å². The van der Waals surface area contributed by atoms with Gasteiger partial charge in [-0.3, -0.25) is 20.4 Å². The zero-order valence-electron chi connectivity index (χ0n) is 15.6. The van der Waals surface area contributed by atoms with Gasteiger partial charge in [0.2, 0.25) is 5.91 Å². The number of benzene rings is 1. The Morgan fingerprint density at radius 2 is 1.65 bits per heavy atom. The summed E-state index contributed by atoms with van der Waals surface area (Å²) in [5, 5.41) is 2.61. The van der Waals surface area contributed by atoms with Crippen LogP contribution < -0.4 is 20.9 Å². The number of thiocarbonyl (C=S) groups is 1. The van der Waals surface area contributed by atoms with Crippen LogP contribution in [0.1, 0.15) is 57.9 Å². The first kappa shape index (κ1) is 21.9. The molecule has 0 heterocycles. The zero-order valence-corrected chi connectivity index (χ0v) is 16.4. The number of hydrogen-bond acceptors (Lipinski definition) is 4. The van der Waals surface area contributed by atoms with Gasteiger partial charge in [-0.15, -0.1) is 0 Å². The Balaban J connectivity index is 2.14. The average molecular weight is 380 g/mol. The molecule has 0 saturated carbocycles. The molecule has 0 saturated heterocycles. The minimum absolute atomic E-state index is 0.0733. The van der Waals surface area contributed by atoms with Crippen molar-refractivity contribution in [1.29, 1.82) is 0 Å². The standard InChI is InChI=1S/C19H29N3O3S/c1-3-5-6-7-8-9-17(23)20-19(26)22-21-18(24)14-25-16-12-10-15(4-2)11-13-16/h10-13H,3-9,14H2,1-2H3,(H,21,24)(H2,20,22,23,26). The average Bonchev–Trinajstić information content (AvgIpc) is 2.65. The largest absolute Gasteiger partial charge is 0.484 e. The van der Waals surface area contributed by atoms with E-state index in [4.69, 9.17) is 17.0 Å². The Morgan fingerprint density at radius 1 is 0.962 bits per heavy atom. The first-order chi connectivity index (χ1) is 12.5. The monoisotopic (exact) mass is 379 g/mol. The maximum absolute atomic E-state index is 11.7. The topological polar surface area (TPSA) is 79.5 Å². The molecule has 0 unspecified atom stereocenters. The van der Waals surface area contributed by atoms with Gasteiger partial charge >= 0.3 is 0 Å². The van der Waals surface area contributed by atoms with Crippen LogP contribution in [0.3, 0.4) is 0 Å². The lowest BCUT2D eigenvalue weighted by Crippen LogP contribution is -2.49. The molecular weight excluding hydrogens is 350 g/mol. The summed E-state index contributed by atoms with van der Waals surface area (Å²) in [6.07, 6.45) is 6.76. The van der Waals surface area contributed by atoms with E-state index in [1.807, 2.05) is 24.3 Å². The van der Waals surface area contributed by atoms with Crippen molar-refractivity contribution in [3.05, 3.63) is 29.8 Å². The van der Waals surface area contributed by atoms with Gasteiger partial charge in [-0.25, -0.2) is 0 Å². The summed E-state index contributed by atoms with van der Waals surface area (Å²) in [5.74, 6) is 0.0811. The predicted octanol–water partition coefficient (Wildman–Crippen LogP) is 3.01.